The molecule has 0 saturated carbocycles. The molecule has 0 spiro atoms. The van der Waals surface area contributed by atoms with Gasteiger partial charge in [0.1, 0.15) is 5.75 Å². The van der Waals surface area contributed by atoms with Crippen LogP contribution in [0.1, 0.15) is 17.3 Å². The van der Waals surface area contributed by atoms with E-state index in [0.29, 0.717) is 4.47 Å². The third-order valence-electron chi connectivity index (χ3n) is 1.84. The van der Waals surface area contributed by atoms with Gasteiger partial charge < -0.3 is 9.47 Å². The van der Waals surface area contributed by atoms with Gasteiger partial charge in [-0.15, -0.1) is 0 Å². The van der Waals surface area contributed by atoms with Crippen molar-refractivity contribution in [2.45, 2.75) is 13.1 Å². The molecule has 1 aromatic rings. The van der Waals surface area contributed by atoms with Crippen LogP contribution in [0.25, 0.3) is 0 Å². The first-order valence-corrected chi connectivity index (χ1v) is 5.79. The Balaban J connectivity index is 2.76. The molecule has 0 heterocycles. The SMILES string of the molecule is CCOC(=O)c1ccc(OCC(F)(F)F)cc1Br. The molecule has 0 amide bonds. The predicted molar refractivity (Wildman–Crippen MR) is 61.6 cm³/mol. The summed E-state index contributed by atoms with van der Waals surface area (Å²) < 4.78 is 45.4. The van der Waals surface area contributed by atoms with Crippen LogP contribution in [-0.4, -0.2) is 25.4 Å². The normalized spacial score (nSPS) is 11.2. The zero-order valence-electron chi connectivity index (χ0n) is 9.38. The van der Waals surface area contributed by atoms with Crippen molar-refractivity contribution in [2.75, 3.05) is 13.2 Å². The molecule has 0 radical (unpaired) electrons. The number of ether oxygens (including phenoxy) is 2. The lowest BCUT2D eigenvalue weighted by Crippen LogP contribution is -2.19. The van der Waals surface area contributed by atoms with Gasteiger partial charge in [0.2, 0.25) is 0 Å². The van der Waals surface area contributed by atoms with Gasteiger partial charge in [-0.25, -0.2) is 4.79 Å². The lowest BCUT2D eigenvalue weighted by molar-refractivity contribution is -0.153. The number of carbonyl (C=O) groups excluding carboxylic acids is 1. The maximum atomic E-state index is 11.9. The van der Waals surface area contributed by atoms with Crippen LogP contribution in [0.4, 0.5) is 13.2 Å². The summed E-state index contributed by atoms with van der Waals surface area (Å²) in [5.41, 5.74) is 0.233. The fourth-order valence-corrected chi connectivity index (χ4v) is 1.64. The lowest BCUT2D eigenvalue weighted by Gasteiger charge is -2.10. The van der Waals surface area contributed by atoms with Crippen LogP contribution in [0.3, 0.4) is 0 Å². The molecule has 0 aliphatic rings. The van der Waals surface area contributed by atoms with Gasteiger partial charge in [0.15, 0.2) is 6.61 Å². The Kier molecular flexibility index (Phi) is 5.01. The maximum Gasteiger partial charge on any atom is 0.422 e. The fraction of sp³-hybridized carbons (Fsp3) is 0.364. The first kappa shape index (κ1) is 14.8. The Labute approximate surface area is 110 Å². The molecule has 0 aliphatic heterocycles. The minimum absolute atomic E-state index is 0.0206. The Bertz CT molecular complexity index is 432. The zero-order chi connectivity index (χ0) is 13.8. The molecule has 3 nitrogen and oxygen atoms in total. The molecule has 0 saturated heterocycles. The van der Waals surface area contributed by atoms with E-state index in [1.165, 1.54) is 18.2 Å². The van der Waals surface area contributed by atoms with Crippen molar-refractivity contribution in [2.24, 2.45) is 0 Å². The summed E-state index contributed by atoms with van der Waals surface area (Å²) in [6.07, 6.45) is -4.40. The molecule has 0 bridgehead atoms. The summed E-state index contributed by atoms with van der Waals surface area (Å²) in [5, 5.41) is 0. The minimum atomic E-state index is -4.40. The average molecular weight is 327 g/mol. The molecule has 0 aromatic heterocycles. The highest BCUT2D eigenvalue weighted by molar-refractivity contribution is 9.10. The fourth-order valence-electron chi connectivity index (χ4n) is 1.13. The molecule has 1 rings (SSSR count). The van der Waals surface area contributed by atoms with Crippen LogP contribution in [0.2, 0.25) is 0 Å². The van der Waals surface area contributed by atoms with Crippen molar-refractivity contribution in [1.82, 2.24) is 0 Å². The summed E-state index contributed by atoms with van der Waals surface area (Å²) in [6.45, 7) is 0.502. The minimum Gasteiger partial charge on any atom is -0.484 e. The third-order valence-corrected chi connectivity index (χ3v) is 2.49. The molecular weight excluding hydrogens is 317 g/mol. The van der Waals surface area contributed by atoms with Crippen molar-refractivity contribution in [3.63, 3.8) is 0 Å². The number of alkyl halides is 3. The van der Waals surface area contributed by atoms with Gasteiger partial charge in [-0.3, -0.25) is 0 Å². The van der Waals surface area contributed by atoms with Gasteiger partial charge in [0, 0.05) is 4.47 Å². The van der Waals surface area contributed by atoms with Crippen LogP contribution < -0.4 is 4.74 Å². The van der Waals surface area contributed by atoms with E-state index in [2.05, 4.69) is 20.7 Å². The average Bonchev–Trinajstić information content (AvgIpc) is 2.25. The Hall–Kier alpha value is -1.24. The Morgan fingerprint density at radius 1 is 1.39 bits per heavy atom. The largest absolute Gasteiger partial charge is 0.484 e. The molecular formula is C11H10BrF3O3. The maximum absolute atomic E-state index is 11.9. The summed E-state index contributed by atoms with van der Waals surface area (Å²) in [5.74, 6) is -0.529. The number of rotatable bonds is 4. The van der Waals surface area contributed by atoms with Gasteiger partial charge in [-0.05, 0) is 41.1 Å². The highest BCUT2D eigenvalue weighted by Crippen LogP contribution is 2.25. The van der Waals surface area contributed by atoms with E-state index >= 15 is 0 Å². The van der Waals surface area contributed by atoms with Gasteiger partial charge in [0.25, 0.3) is 0 Å². The Morgan fingerprint density at radius 2 is 2.06 bits per heavy atom. The van der Waals surface area contributed by atoms with E-state index in [0.717, 1.165) is 0 Å². The van der Waals surface area contributed by atoms with E-state index in [4.69, 9.17) is 4.74 Å². The van der Waals surface area contributed by atoms with E-state index < -0.39 is 18.8 Å². The van der Waals surface area contributed by atoms with Crippen molar-refractivity contribution in [3.8, 4) is 5.75 Å². The smallest absolute Gasteiger partial charge is 0.422 e. The van der Waals surface area contributed by atoms with Crippen LogP contribution in [0.15, 0.2) is 22.7 Å². The second kappa shape index (κ2) is 6.08. The summed E-state index contributed by atoms with van der Waals surface area (Å²) in [6, 6.07) is 3.91. The summed E-state index contributed by atoms with van der Waals surface area (Å²) in [7, 11) is 0. The van der Waals surface area contributed by atoms with Crippen LogP contribution >= 0.6 is 15.9 Å². The molecule has 18 heavy (non-hydrogen) atoms. The molecule has 0 fully saturated rings. The highest BCUT2D eigenvalue weighted by atomic mass is 79.9. The standard InChI is InChI=1S/C11H10BrF3O3/c1-2-17-10(16)8-4-3-7(5-9(8)12)18-6-11(13,14)15/h3-5H,2,6H2,1H3. The third kappa shape index (κ3) is 4.56. The molecule has 0 aliphatic carbocycles. The first-order chi connectivity index (χ1) is 8.33. The second-order valence-electron chi connectivity index (χ2n) is 3.27. The predicted octanol–water partition coefficient (Wildman–Crippen LogP) is 3.57. The topological polar surface area (TPSA) is 35.5 Å². The molecule has 100 valence electrons. The van der Waals surface area contributed by atoms with Gasteiger partial charge >= 0.3 is 12.1 Å². The zero-order valence-corrected chi connectivity index (χ0v) is 11.0. The Morgan fingerprint density at radius 3 is 2.56 bits per heavy atom. The van der Waals surface area contributed by atoms with E-state index in [1.54, 1.807) is 6.92 Å². The van der Waals surface area contributed by atoms with E-state index in [-0.39, 0.29) is 17.9 Å². The number of carbonyl (C=O) groups is 1. The number of benzene rings is 1. The van der Waals surface area contributed by atoms with Crippen molar-refractivity contribution >= 4 is 21.9 Å². The highest BCUT2D eigenvalue weighted by Gasteiger charge is 2.28. The monoisotopic (exact) mass is 326 g/mol. The van der Waals surface area contributed by atoms with Gasteiger partial charge in [0.05, 0.1) is 12.2 Å². The summed E-state index contributed by atoms with van der Waals surface area (Å²) >= 11 is 3.08. The first-order valence-electron chi connectivity index (χ1n) is 4.99. The van der Waals surface area contributed by atoms with Crippen LogP contribution in [0, 0.1) is 0 Å². The van der Waals surface area contributed by atoms with Gasteiger partial charge in [-0.1, -0.05) is 0 Å². The van der Waals surface area contributed by atoms with E-state index in [9.17, 15) is 18.0 Å². The van der Waals surface area contributed by atoms with Crippen LogP contribution in [0.5, 0.6) is 5.75 Å². The molecule has 0 unspecified atom stereocenters. The molecule has 1 aromatic carbocycles. The number of hydrogen-bond acceptors (Lipinski definition) is 3. The van der Waals surface area contributed by atoms with Crippen LogP contribution in [-0.2, 0) is 4.74 Å². The van der Waals surface area contributed by atoms with Crippen molar-refractivity contribution in [3.05, 3.63) is 28.2 Å². The molecule has 0 atom stereocenters. The second-order valence-corrected chi connectivity index (χ2v) is 4.12. The summed E-state index contributed by atoms with van der Waals surface area (Å²) in [4.78, 5) is 11.4. The van der Waals surface area contributed by atoms with Crippen molar-refractivity contribution < 1.29 is 27.4 Å². The quantitative estimate of drug-likeness (QED) is 0.793. The number of halogens is 4. The van der Waals surface area contributed by atoms with E-state index in [1.807, 2.05) is 0 Å². The van der Waals surface area contributed by atoms with Gasteiger partial charge in [-0.2, -0.15) is 13.2 Å². The molecule has 7 heteroatoms. The number of esters is 1. The molecule has 0 N–H and O–H groups in total. The van der Waals surface area contributed by atoms with Crippen molar-refractivity contribution in [1.29, 1.82) is 0 Å². The lowest BCUT2D eigenvalue weighted by atomic mass is 10.2. The number of hydrogen-bond donors (Lipinski definition) is 0.